The fourth-order valence-electron chi connectivity index (χ4n) is 3.42. The number of halogens is 2. The first-order valence-corrected chi connectivity index (χ1v) is 11.1. The zero-order chi connectivity index (χ0) is 21.7. The number of carbonyl (C=O) groups excluding carboxylic acids is 3. The van der Waals surface area contributed by atoms with E-state index in [0.717, 1.165) is 10.4 Å². The Hall–Kier alpha value is -2.09. The highest BCUT2D eigenvalue weighted by molar-refractivity contribution is 7.09. The number of methoxy groups -OCH3 is 1. The van der Waals surface area contributed by atoms with E-state index in [1.807, 2.05) is 17.5 Å². The van der Waals surface area contributed by atoms with E-state index in [1.54, 1.807) is 29.5 Å². The minimum atomic E-state index is -0.862. The van der Waals surface area contributed by atoms with Crippen molar-refractivity contribution in [2.45, 2.75) is 25.3 Å². The van der Waals surface area contributed by atoms with Gasteiger partial charge >= 0.3 is 5.97 Å². The van der Waals surface area contributed by atoms with Crippen molar-refractivity contribution in [3.8, 4) is 0 Å². The Bertz CT molecular complexity index is 920. The normalized spacial score (nSPS) is 16.8. The third-order valence-electron chi connectivity index (χ3n) is 5.05. The number of rotatable bonds is 8. The number of esters is 1. The summed E-state index contributed by atoms with van der Waals surface area (Å²) < 4.78 is 4.75. The standard InChI is InChI=1S/C21H22Cl2N2O4S/c1-29-20(27)12-18-21(28)24(8-6-14-4-5-15(22)11-17(14)23)13-19(26)25(18)9-7-16-3-2-10-30-16/h2-5,10-11,18H,6-9,12-13H2,1H3. The van der Waals surface area contributed by atoms with Gasteiger partial charge in [-0.3, -0.25) is 14.4 Å². The molecule has 0 radical (unpaired) electrons. The smallest absolute Gasteiger partial charge is 0.308 e. The first-order valence-electron chi connectivity index (χ1n) is 9.50. The molecule has 1 saturated heterocycles. The second-order valence-corrected chi connectivity index (χ2v) is 8.83. The number of benzene rings is 1. The summed E-state index contributed by atoms with van der Waals surface area (Å²) in [6, 6.07) is 8.25. The third-order valence-corrected chi connectivity index (χ3v) is 6.58. The van der Waals surface area contributed by atoms with Gasteiger partial charge in [0, 0.05) is 28.0 Å². The van der Waals surface area contributed by atoms with Crippen LogP contribution in [0.4, 0.5) is 0 Å². The summed E-state index contributed by atoms with van der Waals surface area (Å²) in [7, 11) is 1.27. The Morgan fingerprint density at radius 1 is 1.20 bits per heavy atom. The Morgan fingerprint density at radius 2 is 2.00 bits per heavy atom. The van der Waals surface area contributed by atoms with Crippen LogP contribution in [0.15, 0.2) is 35.7 Å². The van der Waals surface area contributed by atoms with Gasteiger partial charge in [-0.2, -0.15) is 0 Å². The number of hydrogen-bond acceptors (Lipinski definition) is 5. The molecule has 0 N–H and O–H groups in total. The molecule has 1 aliphatic rings. The van der Waals surface area contributed by atoms with Crippen LogP contribution in [-0.2, 0) is 32.0 Å². The van der Waals surface area contributed by atoms with E-state index in [-0.39, 0.29) is 24.8 Å². The van der Waals surface area contributed by atoms with Crippen molar-refractivity contribution < 1.29 is 19.1 Å². The largest absolute Gasteiger partial charge is 0.469 e. The Morgan fingerprint density at radius 3 is 2.67 bits per heavy atom. The highest BCUT2D eigenvalue weighted by atomic mass is 35.5. The minimum Gasteiger partial charge on any atom is -0.469 e. The van der Waals surface area contributed by atoms with Crippen LogP contribution in [0.2, 0.25) is 10.0 Å². The Balaban J connectivity index is 1.71. The molecule has 1 fully saturated rings. The van der Waals surface area contributed by atoms with E-state index in [2.05, 4.69) is 0 Å². The zero-order valence-electron chi connectivity index (χ0n) is 16.5. The summed E-state index contributed by atoms with van der Waals surface area (Å²) in [6.45, 7) is 0.679. The Labute approximate surface area is 189 Å². The van der Waals surface area contributed by atoms with Crippen LogP contribution >= 0.6 is 34.5 Å². The van der Waals surface area contributed by atoms with Gasteiger partial charge in [0.2, 0.25) is 11.8 Å². The molecule has 0 spiro atoms. The number of nitrogens with zero attached hydrogens (tertiary/aromatic N) is 2. The summed E-state index contributed by atoms with van der Waals surface area (Å²) in [4.78, 5) is 42.0. The lowest BCUT2D eigenvalue weighted by atomic mass is 10.0. The first-order chi connectivity index (χ1) is 14.4. The van der Waals surface area contributed by atoms with E-state index < -0.39 is 12.0 Å². The SMILES string of the molecule is COC(=O)CC1C(=O)N(CCc2ccc(Cl)cc2Cl)CC(=O)N1CCc1cccs1. The third kappa shape index (κ3) is 5.53. The maximum atomic E-state index is 13.1. The quantitative estimate of drug-likeness (QED) is 0.556. The molecule has 0 saturated carbocycles. The van der Waals surface area contributed by atoms with Crippen molar-refractivity contribution in [1.29, 1.82) is 0 Å². The summed E-state index contributed by atoms with van der Waals surface area (Å²) in [5.41, 5.74) is 0.839. The highest BCUT2D eigenvalue weighted by Gasteiger charge is 2.40. The molecular weight excluding hydrogens is 447 g/mol. The molecule has 1 aromatic heterocycles. The fraction of sp³-hybridized carbons (Fsp3) is 0.381. The van der Waals surface area contributed by atoms with Crippen molar-refractivity contribution in [2.75, 3.05) is 26.7 Å². The maximum Gasteiger partial charge on any atom is 0.308 e. The van der Waals surface area contributed by atoms with Gasteiger partial charge < -0.3 is 14.5 Å². The van der Waals surface area contributed by atoms with Crippen LogP contribution in [0, 0.1) is 0 Å². The van der Waals surface area contributed by atoms with Gasteiger partial charge in [-0.05, 0) is 42.0 Å². The molecule has 1 atom stereocenters. The monoisotopic (exact) mass is 468 g/mol. The summed E-state index contributed by atoms with van der Waals surface area (Å²) in [5.74, 6) is -0.955. The lowest BCUT2D eigenvalue weighted by Crippen LogP contribution is -2.61. The Kier molecular flexibility index (Phi) is 7.75. The summed E-state index contributed by atoms with van der Waals surface area (Å²) in [5, 5.41) is 3.02. The van der Waals surface area contributed by atoms with E-state index in [1.165, 1.54) is 16.9 Å². The molecule has 0 bridgehead atoms. The minimum absolute atomic E-state index is 0.0217. The van der Waals surface area contributed by atoms with E-state index in [0.29, 0.717) is 36.0 Å². The molecule has 2 heterocycles. The summed E-state index contributed by atoms with van der Waals surface area (Å²) in [6.07, 6.45) is 0.952. The number of carbonyl (C=O) groups is 3. The number of thiophene rings is 1. The molecule has 3 rings (SSSR count). The van der Waals surface area contributed by atoms with Crippen LogP contribution in [0.25, 0.3) is 0 Å². The van der Waals surface area contributed by atoms with Gasteiger partial charge in [0.15, 0.2) is 0 Å². The molecule has 30 heavy (non-hydrogen) atoms. The topological polar surface area (TPSA) is 66.9 Å². The number of amides is 2. The first kappa shape index (κ1) is 22.6. The average molecular weight is 469 g/mol. The van der Waals surface area contributed by atoms with Crippen molar-refractivity contribution in [3.05, 3.63) is 56.2 Å². The van der Waals surface area contributed by atoms with Crippen LogP contribution in [0.3, 0.4) is 0 Å². The highest BCUT2D eigenvalue weighted by Crippen LogP contribution is 2.23. The van der Waals surface area contributed by atoms with Gasteiger partial charge in [-0.15, -0.1) is 11.3 Å². The van der Waals surface area contributed by atoms with Crippen molar-refractivity contribution in [3.63, 3.8) is 0 Å². The van der Waals surface area contributed by atoms with Crippen molar-refractivity contribution in [1.82, 2.24) is 9.80 Å². The molecular formula is C21H22Cl2N2O4S. The van der Waals surface area contributed by atoms with Gasteiger partial charge in [-0.1, -0.05) is 35.3 Å². The van der Waals surface area contributed by atoms with Gasteiger partial charge in [0.05, 0.1) is 20.1 Å². The van der Waals surface area contributed by atoms with E-state index >= 15 is 0 Å². The van der Waals surface area contributed by atoms with Crippen molar-refractivity contribution >= 4 is 52.3 Å². The zero-order valence-corrected chi connectivity index (χ0v) is 18.8. The predicted octanol–water partition coefficient (Wildman–Crippen LogP) is 3.44. The predicted molar refractivity (Wildman–Crippen MR) is 117 cm³/mol. The molecule has 6 nitrogen and oxygen atoms in total. The number of piperazine rings is 1. The fourth-order valence-corrected chi connectivity index (χ4v) is 4.62. The molecule has 9 heteroatoms. The molecule has 2 amide bonds. The summed E-state index contributed by atoms with van der Waals surface area (Å²) >= 11 is 13.7. The molecule has 160 valence electrons. The molecule has 1 aromatic carbocycles. The number of ether oxygens (including phenoxy) is 1. The molecule has 0 aliphatic carbocycles. The lowest BCUT2D eigenvalue weighted by Gasteiger charge is -2.40. The van der Waals surface area contributed by atoms with Crippen LogP contribution in [-0.4, -0.2) is 60.4 Å². The van der Waals surface area contributed by atoms with Crippen molar-refractivity contribution in [2.24, 2.45) is 0 Å². The average Bonchev–Trinajstić information content (AvgIpc) is 3.23. The van der Waals surface area contributed by atoms with Gasteiger partial charge in [0.1, 0.15) is 6.04 Å². The maximum absolute atomic E-state index is 13.1. The van der Waals surface area contributed by atoms with E-state index in [9.17, 15) is 14.4 Å². The van der Waals surface area contributed by atoms with Crippen LogP contribution in [0.1, 0.15) is 16.9 Å². The van der Waals surface area contributed by atoms with Crippen LogP contribution in [0.5, 0.6) is 0 Å². The second kappa shape index (κ2) is 10.3. The van der Waals surface area contributed by atoms with Crippen LogP contribution < -0.4 is 0 Å². The molecule has 1 aliphatic heterocycles. The number of hydrogen-bond donors (Lipinski definition) is 0. The van der Waals surface area contributed by atoms with E-state index in [4.69, 9.17) is 27.9 Å². The lowest BCUT2D eigenvalue weighted by molar-refractivity contribution is -0.159. The molecule has 2 aromatic rings. The van der Waals surface area contributed by atoms with Gasteiger partial charge in [0.25, 0.3) is 0 Å². The van der Waals surface area contributed by atoms with Gasteiger partial charge in [-0.25, -0.2) is 0 Å². The second-order valence-electron chi connectivity index (χ2n) is 6.96. The molecule has 1 unspecified atom stereocenters.